The van der Waals surface area contributed by atoms with E-state index >= 15 is 0 Å². The maximum absolute atomic E-state index is 5.51. The summed E-state index contributed by atoms with van der Waals surface area (Å²) in [4.78, 5) is 13.7. The molecule has 9 nitrogen and oxygen atoms in total. The third-order valence-electron chi connectivity index (χ3n) is 4.98. The molecule has 1 aliphatic rings. The van der Waals surface area contributed by atoms with E-state index in [-0.39, 0.29) is 30.1 Å². The van der Waals surface area contributed by atoms with Gasteiger partial charge in [0.1, 0.15) is 18.4 Å². The molecule has 1 aliphatic heterocycles. The monoisotopic (exact) mass is 544 g/mol. The second kappa shape index (κ2) is 12.7. The van der Waals surface area contributed by atoms with Gasteiger partial charge in [0.25, 0.3) is 0 Å². The number of aliphatic imine (C=N–C) groups is 1. The van der Waals surface area contributed by atoms with Gasteiger partial charge >= 0.3 is 0 Å². The zero-order chi connectivity index (χ0) is 21.3. The smallest absolute Gasteiger partial charge is 0.248 e. The second-order valence-corrected chi connectivity index (χ2v) is 6.99. The summed E-state index contributed by atoms with van der Waals surface area (Å²) in [5, 5.41) is 7.37. The number of anilines is 1. The average Bonchev–Trinajstić information content (AvgIpc) is 3.26. The number of ether oxygens (including phenoxy) is 2. The molecule has 1 unspecified atom stereocenters. The van der Waals surface area contributed by atoms with E-state index in [4.69, 9.17) is 19.0 Å². The van der Waals surface area contributed by atoms with Gasteiger partial charge in [-0.1, -0.05) is 5.16 Å². The van der Waals surface area contributed by atoms with Crippen molar-refractivity contribution in [3.8, 4) is 5.75 Å². The number of methoxy groups -OCH3 is 1. The molecule has 1 saturated heterocycles. The summed E-state index contributed by atoms with van der Waals surface area (Å²) in [6, 6.07) is 8.20. The summed E-state index contributed by atoms with van der Waals surface area (Å²) in [7, 11) is 1.68. The van der Waals surface area contributed by atoms with Crippen LogP contribution in [0.25, 0.3) is 0 Å². The lowest BCUT2D eigenvalue weighted by Crippen LogP contribution is -2.52. The maximum Gasteiger partial charge on any atom is 0.248 e. The maximum atomic E-state index is 5.51. The minimum Gasteiger partial charge on any atom is -0.497 e. The van der Waals surface area contributed by atoms with Crippen LogP contribution in [0.3, 0.4) is 0 Å². The normalized spacial score (nSPS) is 15.4. The van der Waals surface area contributed by atoms with Crippen LogP contribution in [0.2, 0.25) is 0 Å². The van der Waals surface area contributed by atoms with Crippen LogP contribution in [0.1, 0.15) is 38.6 Å². The fourth-order valence-electron chi connectivity index (χ4n) is 3.36. The van der Waals surface area contributed by atoms with Gasteiger partial charge in [0.05, 0.1) is 7.11 Å². The van der Waals surface area contributed by atoms with E-state index in [2.05, 4.69) is 44.3 Å². The number of benzene rings is 1. The van der Waals surface area contributed by atoms with Gasteiger partial charge in [-0.25, -0.2) is 4.99 Å². The van der Waals surface area contributed by atoms with E-state index in [9.17, 15) is 0 Å². The summed E-state index contributed by atoms with van der Waals surface area (Å²) in [5.41, 5.74) is 1.21. The van der Waals surface area contributed by atoms with Crippen LogP contribution in [-0.4, -0.2) is 67.4 Å². The van der Waals surface area contributed by atoms with Crippen molar-refractivity contribution in [1.82, 2.24) is 20.4 Å². The molecule has 0 amide bonds. The van der Waals surface area contributed by atoms with Crippen LogP contribution >= 0.6 is 24.0 Å². The summed E-state index contributed by atoms with van der Waals surface area (Å²) in [6.07, 6.45) is -0.184. The van der Waals surface area contributed by atoms with Crippen LogP contribution in [0.4, 0.5) is 5.69 Å². The van der Waals surface area contributed by atoms with Gasteiger partial charge in [-0.15, -0.1) is 24.0 Å². The van der Waals surface area contributed by atoms with E-state index < -0.39 is 0 Å². The first-order chi connectivity index (χ1) is 14.6. The van der Waals surface area contributed by atoms with Gasteiger partial charge in [0, 0.05) is 45.0 Å². The molecule has 2 heterocycles. The predicted molar refractivity (Wildman–Crippen MR) is 131 cm³/mol. The topological polar surface area (TPSA) is 88.2 Å². The SMILES string of the molecule is CCNC(=NCc1nc(C(C)OCC)no1)N1CCN(c2ccc(OC)cc2)CC1.I. The minimum absolute atomic E-state index is 0. The highest BCUT2D eigenvalue weighted by Crippen LogP contribution is 2.20. The third-order valence-corrected chi connectivity index (χ3v) is 4.98. The molecule has 31 heavy (non-hydrogen) atoms. The Morgan fingerprint density at radius 3 is 2.52 bits per heavy atom. The first-order valence-electron chi connectivity index (χ1n) is 10.5. The number of hydrogen-bond acceptors (Lipinski definition) is 7. The Hall–Kier alpha value is -2.08. The lowest BCUT2D eigenvalue weighted by atomic mass is 10.2. The van der Waals surface area contributed by atoms with E-state index in [1.807, 2.05) is 26.0 Å². The molecule has 1 N–H and O–H groups in total. The summed E-state index contributed by atoms with van der Waals surface area (Å²) < 4.78 is 16.1. The largest absolute Gasteiger partial charge is 0.497 e. The molecule has 0 saturated carbocycles. The Balaban J connectivity index is 0.00000341. The van der Waals surface area contributed by atoms with Gasteiger partial charge in [0.2, 0.25) is 5.89 Å². The van der Waals surface area contributed by atoms with Gasteiger partial charge in [-0.3, -0.25) is 0 Å². The number of nitrogens with zero attached hydrogens (tertiary/aromatic N) is 5. The molecule has 10 heteroatoms. The van der Waals surface area contributed by atoms with Gasteiger partial charge in [-0.2, -0.15) is 4.98 Å². The van der Waals surface area contributed by atoms with Crippen molar-refractivity contribution in [1.29, 1.82) is 0 Å². The Kier molecular flexibility index (Phi) is 10.3. The molecule has 0 spiro atoms. The lowest BCUT2D eigenvalue weighted by Gasteiger charge is -2.37. The van der Waals surface area contributed by atoms with Crippen LogP contribution in [0.15, 0.2) is 33.8 Å². The van der Waals surface area contributed by atoms with E-state index in [0.717, 1.165) is 44.4 Å². The van der Waals surface area contributed by atoms with E-state index in [1.165, 1.54) is 5.69 Å². The number of guanidine groups is 1. The zero-order valence-electron chi connectivity index (χ0n) is 18.7. The van der Waals surface area contributed by atoms with Crippen molar-refractivity contribution in [3.63, 3.8) is 0 Å². The predicted octanol–water partition coefficient (Wildman–Crippen LogP) is 3.08. The fourth-order valence-corrected chi connectivity index (χ4v) is 3.36. The quantitative estimate of drug-likeness (QED) is 0.308. The molecule has 172 valence electrons. The van der Waals surface area contributed by atoms with Gasteiger partial charge in [0.15, 0.2) is 11.8 Å². The van der Waals surface area contributed by atoms with Crippen molar-refractivity contribution in [2.75, 3.05) is 51.3 Å². The second-order valence-electron chi connectivity index (χ2n) is 6.99. The molecular formula is C21H33IN6O3. The number of aromatic nitrogens is 2. The molecule has 0 bridgehead atoms. The Morgan fingerprint density at radius 2 is 1.90 bits per heavy atom. The van der Waals surface area contributed by atoms with Crippen molar-refractivity contribution in [2.24, 2.45) is 4.99 Å². The molecule has 1 aromatic heterocycles. The Labute approximate surface area is 201 Å². The molecule has 1 fully saturated rings. The molecule has 1 atom stereocenters. The standard InChI is InChI=1S/C21H32N6O3.HI/c1-5-22-21(23-15-19-24-20(25-30-19)16(3)29-6-2)27-13-11-26(12-14-27)17-7-9-18(28-4)10-8-17;/h7-10,16H,5-6,11-15H2,1-4H3,(H,22,23);1H. The molecule has 1 aromatic carbocycles. The highest BCUT2D eigenvalue weighted by molar-refractivity contribution is 14.0. The van der Waals surface area contributed by atoms with Crippen molar-refractivity contribution in [3.05, 3.63) is 36.0 Å². The lowest BCUT2D eigenvalue weighted by molar-refractivity contribution is 0.0683. The van der Waals surface area contributed by atoms with Gasteiger partial charge < -0.3 is 29.1 Å². The first kappa shape index (κ1) is 25.2. The minimum atomic E-state index is -0.184. The van der Waals surface area contributed by atoms with E-state index in [1.54, 1.807) is 7.11 Å². The molecule has 2 aromatic rings. The summed E-state index contributed by atoms with van der Waals surface area (Å²) in [6.45, 7) is 11.3. The zero-order valence-corrected chi connectivity index (χ0v) is 21.0. The number of hydrogen-bond donors (Lipinski definition) is 1. The van der Waals surface area contributed by atoms with Crippen molar-refractivity contribution < 1.29 is 14.0 Å². The number of rotatable bonds is 8. The Morgan fingerprint density at radius 1 is 1.19 bits per heavy atom. The van der Waals surface area contributed by atoms with Crippen LogP contribution in [0.5, 0.6) is 5.75 Å². The van der Waals surface area contributed by atoms with Crippen LogP contribution < -0.4 is 15.0 Å². The molecule has 3 rings (SSSR count). The Bertz CT molecular complexity index is 806. The highest BCUT2D eigenvalue weighted by Gasteiger charge is 2.20. The fraction of sp³-hybridized carbons (Fsp3) is 0.571. The van der Waals surface area contributed by atoms with Crippen molar-refractivity contribution >= 4 is 35.6 Å². The molecular weight excluding hydrogens is 511 g/mol. The van der Waals surface area contributed by atoms with Gasteiger partial charge in [-0.05, 0) is 45.0 Å². The summed E-state index contributed by atoms with van der Waals surface area (Å²) in [5.74, 6) is 2.78. The first-order valence-corrected chi connectivity index (χ1v) is 10.5. The van der Waals surface area contributed by atoms with E-state index in [0.29, 0.717) is 24.9 Å². The molecule has 0 aliphatic carbocycles. The number of halogens is 1. The van der Waals surface area contributed by atoms with Crippen molar-refractivity contribution in [2.45, 2.75) is 33.4 Å². The number of nitrogens with one attached hydrogen (secondary N) is 1. The number of piperazine rings is 1. The van der Waals surface area contributed by atoms with Crippen LogP contribution in [0, 0.1) is 0 Å². The highest BCUT2D eigenvalue weighted by atomic mass is 127. The summed E-state index contributed by atoms with van der Waals surface area (Å²) >= 11 is 0. The van der Waals surface area contributed by atoms with Crippen LogP contribution in [-0.2, 0) is 11.3 Å². The third kappa shape index (κ3) is 6.96. The molecule has 0 radical (unpaired) electrons. The average molecular weight is 544 g/mol.